The van der Waals surface area contributed by atoms with E-state index in [1.54, 1.807) is 54.6 Å². The number of para-hydroxylation sites is 2. The maximum atomic E-state index is 14.0. The number of hydrogen-bond acceptors (Lipinski definition) is 5. The van der Waals surface area contributed by atoms with Crippen LogP contribution in [0.2, 0.25) is 0 Å². The number of anilines is 3. The fourth-order valence-electron chi connectivity index (χ4n) is 3.59. The highest BCUT2D eigenvalue weighted by Crippen LogP contribution is 2.32. The maximum Gasteiger partial charge on any atom is 0.419 e. The van der Waals surface area contributed by atoms with E-state index in [0.717, 1.165) is 6.07 Å². The summed E-state index contributed by atoms with van der Waals surface area (Å²) >= 11 is 0. The van der Waals surface area contributed by atoms with Crippen molar-refractivity contribution >= 4 is 35.0 Å². The molecule has 0 aliphatic carbocycles. The Labute approximate surface area is 223 Å². The van der Waals surface area contributed by atoms with E-state index in [9.17, 15) is 27.2 Å². The Bertz CT molecular complexity index is 1320. The van der Waals surface area contributed by atoms with Crippen molar-refractivity contribution in [2.24, 2.45) is 0 Å². The van der Waals surface area contributed by atoms with E-state index in [1.165, 1.54) is 6.08 Å². The molecule has 0 saturated heterocycles. The van der Waals surface area contributed by atoms with Crippen LogP contribution < -0.4 is 21.7 Å². The quantitative estimate of drug-likeness (QED) is 0.166. The molecule has 0 radical (unpaired) electrons. The van der Waals surface area contributed by atoms with E-state index < -0.39 is 29.5 Å². The van der Waals surface area contributed by atoms with Crippen molar-refractivity contribution < 1.29 is 27.2 Å². The average molecular weight is 544 g/mol. The van der Waals surface area contributed by atoms with Gasteiger partial charge in [0.05, 0.1) is 16.9 Å². The summed E-state index contributed by atoms with van der Waals surface area (Å²) in [5, 5.41) is 8.29. The molecule has 2 amide bonds. The summed E-state index contributed by atoms with van der Waals surface area (Å²) in [6.07, 6.45) is -1.90. The largest absolute Gasteiger partial charge is 0.419 e. The van der Waals surface area contributed by atoms with Gasteiger partial charge in [0.25, 0.3) is 0 Å². The summed E-state index contributed by atoms with van der Waals surface area (Å²) < 4.78 is 52.6. The fourth-order valence-corrected chi connectivity index (χ4v) is 3.59. The lowest BCUT2D eigenvalue weighted by atomic mass is 10.0. The molecule has 7 nitrogen and oxygen atoms in total. The van der Waals surface area contributed by atoms with Crippen LogP contribution in [-0.4, -0.2) is 43.9 Å². The first kappa shape index (κ1) is 29.3. The van der Waals surface area contributed by atoms with Gasteiger partial charge in [-0.1, -0.05) is 36.4 Å². The Morgan fingerprint density at radius 1 is 1.00 bits per heavy atom. The van der Waals surface area contributed by atoms with Crippen molar-refractivity contribution in [1.29, 1.82) is 0 Å². The number of halogens is 4. The Morgan fingerprint density at radius 2 is 1.69 bits per heavy atom. The van der Waals surface area contributed by atoms with Gasteiger partial charge in [-0.15, -0.1) is 0 Å². The zero-order valence-electron chi connectivity index (χ0n) is 21.4. The third-order valence-electron chi connectivity index (χ3n) is 5.63. The lowest BCUT2D eigenvalue weighted by molar-refractivity contribution is -0.140. The molecule has 0 heterocycles. The normalized spacial score (nSPS) is 12.5. The first-order valence-corrected chi connectivity index (χ1v) is 11.9. The molecule has 5 N–H and O–H groups in total. The molecule has 39 heavy (non-hydrogen) atoms. The van der Waals surface area contributed by atoms with E-state index in [0.29, 0.717) is 47.7 Å². The molecule has 0 aliphatic rings. The number of nitrogens with two attached hydrogens (primary N) is 1. The van der Waals surface area contributed by atoms with E-state index in [1.807, 2.05) is 19.0 Å². The number of amides is 2. The highest BCUT2D eigenvalue weighted by atomic mass is 19.4. The molecule has 0 bridgehead atoms. The molecule has 0 aliphatic heterocycles. The lowest BCUT2D eigenvalue weighted by Crippen LogP contribution is -2.36. The second-order valence-electron chi connectivity index (χ2n) is 8.95. The van der Waals surface area contributed by atoms with Gasteiger partial charge in [-0.2, -0.15) is 13.2 Å². The number of nitrogen functional groups attached to an aromatic ring is 1. The van der Waals surface area contributed by atoms with Crippen LogP contribution in [0.25, 0.3) is 6.08 Å². The van der Waals surface area contributed by atoms with Gasteiger partial charge in [-0.05, 0) is 61.6 Å². The molecule has 11 heteroatoms. The SMILES string of the molecule is CN(C)CCNC(C(=O)Nc1ccc(C(F)(F)F)c(F)c1)c1ccc(C=CC(=O)Nc2ccccc2N)cc1. The second kappa shape index (κ2) is 13.0. The lowest BCUT2D eigenvalue weighted by Gasteiger charge is -2.21. The third kappa shape index (κ3) is 8.66. The van der Waals surface area contributed by atoms with Crippen LogP contribution in [0, 0.1) is 5.82 Å². The average Bonchev–Trinajstić information content (AvgIpc) is 2.86. The van der Waals surface area contributed by atoms with Crippen molar-refractivity contribution in [1.82, 2.24) is 10.2 Å². The van der Waals surface area contributed by atoms with E-state index >= 15 is 0 Å². The molecule has 0 fully saturated rings. The van der Waals surface area contributed by atoms with Gasteiger partial charge in [-0.3, -0.25) is 9.59 Å². The molecule has 1 unspecified atom stereocenters. The maximum absolute atomic E-state index is 14.0. The number of nitrogens with zero attached hydrogens (tertiary/aromatic N) is 1. The molecule has 0 saturated carbocycles. The van der Waals surface area contributed by atoms with Crippen LogP contribution in [0.15, 0.2) is 72.8 Å². The summed E-state index contributed by atoms with van der Waals surface area (Å²) in [4.78, 5) is 27.2. The number of likely N-dealkylation sites (N-methyl/N-ethyl adjacent to an activating group) is 1. The minimum atomic E-state index is -4.84. The smallest absolute Gasteiger partial charge is 0.397 e. The number of carbonyl (C=O) groups excluding carboxylic acids is 2. The summed E-state index contributed by atoms with van der Waals surface area (Å²) in [6, 6.07) is 15.0. The topological polar surface area (TPSA) is 99.5 Å². The van der Waals surface area contributed by atoms with E-state index in [4.69, 9.17) is 5.73 Å². The molecule has 3 aromatic carbocycles. The number of nitrogens with one attached hydrogen (secondary N) is 3. The van der Waals surface area contributed by atoms with Gasteiger partial charge < -0.3 is 26.6 Å². The zero-order chi connectivity index (χ0) is 28.6. The molecular weight excluding hydrogens is 514 g/mol. The zero-order valence-corrected chi connectivity index (χ0v) is 21.4. The van der Waals surface area contributed by atoms with Crippen LogP contribution in [0.1, 0.15) is 22.7 Å². The van der Waals surface area contributed by atoms with Gasteiger partial charge in [0.15, 0.2) is 0 Å². The predicted molar refractivity (Wildman–Crippen MR) is 144 cm³/mol. The molecule has 0 aromatic heterocycles. The van der Waals surface area contributed by atoms with Crippen LogP contribution in [0.4, 0.5) is 34.6 Å². The van der Waals surface area contributed by atoms with Crippen LogP contribution >= 0.6 is 0 Å². The molecular formula is C28H29F4N5O2. The van der Waals surface area contributed by atoms with Crippen LogP contribution in [0.3, 0.4) is 0 Å². The predicted octanol–water partition coefficient (Wildman–Crippen LogP) is 4.91. The Morgan fingerprint density at radius 3 is 2.31 bits per heavy atom. The van der Waals surface area contributed by atoms with Crippen molar-refractivity contribution in [3.63, 3.8) is 0 Å². The minimum Gasteiger partial charge on any atom is -0.397 e. The van der Waals surface area contributed by atoms with E-state index in [2.05, 4.69) is 16.0 Å². The van der Waals surface area contributed by atoms with Crippen molar-refractivity contribution in [3.05, 3.63) is 95.3 Å². The number of alkyl halides is 3. The highest BCUT2D eigenvalue weighted by Gasteiger charge is 2.34. The highest BCUT2D eigenvalue weighted by molar-refractivity contribution is 6.03. The summed E-state index contributed by atoms with van der Waals surface area (Å²) in [5.74, 6) is -2.42. The summed E-state index contributed by atoms with van der Waals surface area (Å²) in [6.45, 7) is 1.04. The Balaban J connectivity index is 1.73. The molecule has 3 rings (SSSR count). The van der Waals surface area contributed by atoms with Gasteiger partial charge in [0.1, 0.15) is 11.9 Å². The third-order valence-corrected chi connectivity index (χ3v) is 5.63. The Kier molecular flexibility index (Phi) is 9.80. The first-order chi connectivity index (χ1) is 18.4. The molecule has 206 valence electrons. The van der Waals surface area contributed by atoms with Crippen LogP contribution in [-0.2, 0) is 15.8 Å². The van der Waals surface area contributed by atoms with Crippen molar-refractivity contribution in [2.75, 3.05) is 43.6 Å². The number of carbonyl (C=O) groups is 2. The number of benzene rings is 3. The van der Waals surface area contributed by atoms with Gasteiger partial charge in [0.2, 0.25) is 11.8 Å². The standard InChI is InChI=1S/C28H29F4N5O2/c1-37(2)16-15-34-26(27(39)35-20-12-13-21(22(29)17-20)28(30,31)32)19-10-7-18(8-11-19)9-14-25(38)36-24-6-4-3-5-23(24)33/h3-14,17,26,34H,15-16,33H2,1-2H3,(H,35,39)(H,36,38). The molecule has 1 atom stereocenters. The summed E-state index contributed by atoms with van der Waals surface area (Å²) in [7, 11) is 3.73. The second-order valence-corrected chi connectivity index (χ2v) is 8.95. The van der Waals surface area contributed by atoms with Crippen LogP contribution in [0.5, 0.6) is 0 Å². The molecule has 3 aromatic rings. The van der Waals surface area contributed by atoms with Gasteiger partial charge >= 0.3 is 6.18 Å². The summed E-state index contributed by atoms with van der Waals surface area (Å²) in [5.41, 5.74) is 6.51. The monoisotopic (exact) mass is 543 g/mol. The van der Waals surface area contributed by atoms with Gasteiger partial charge in [0, 0.05) is 24.9 Å². The van der Waals surface area contributed by atoms with E-state index in [-0.39, 0.29) is 11.6 Å². The first-order valence-electron chi connectivity index (χ1n) is 11.9. The number of rotatable bonds is 10. The Hall–Kier alpha value is -4.22. The minimum absolute atomic E-state index is 0.102. The number of hydrogen-bond donors (Lipinski definition) is 4. The van der Waals surface area contributed by atoms with Gasteiger partial charge in [-0.25, -0.2) is 4.39 Å². The van der Waals surface area contributed by atoms with Crippen molar-refractivity contribution in [3.8, 4) is 0 Å². The molecule has 0 spiro atoms. The fraction of sp³-hybridized carbons (Fsp3) is 0.214. The van der Waals surface area contributed by atoms with Crippen molar-refractivity contribution in [2.45, 2.75) is 12.2 Å².